The second-order valence-electron chi connectivity index (χ2n) is 5.84. The highest BCUT2D eigenvalue weighted by Gasteiger charge is 2.24. The van der Waals surface area contributed by atoms with Gasteiger partial charge in [0.1, 0.15) is 5.82 Å². The number of carbonyl (C=O) groups is 2. The van der Waals surface area contributed by atoms with E-state index in [1.165, 1.54) is 6.07 Å². The van der Waals surface area contributed by atoms with E-state index in [-0.39, 0.29) is 24.1 Å². The maximum atomic E-state index is 13.6. The van der Waals surface area contributed by atoms with Gasteiger partial charge in [-0.2, -0.15) is 11.3 Å². The second-order valence-corrected chi connectivity index (χ2v) is 6.62. The van der Waals surface area contributed by atoms with E-state index < -0.39 is 0 Å². The minimum Gasteiger partial charge on any atom is -0.339 e. The van der Waals surface area contributed by atoms with E-state index in [9.17, 15) is 14.0 Å². The van der Waals surface area contributed by atoms with E-state index in [0.717, 1.165) is 5.56 Å². The van der Waals surface area contributed by atoms with Crippen molar-refractivity contribution in [1.29, 1.82) is 0 Å². The highest BCUT2D eigenvalue weighted by Crippen LogP contribution is 2.12. The molecule has 0 spiro atoms. The maximum Gasteiger partial charge on any atom is 0.227 e. The summed E-state index contributed by atoms with van der Waals surface area (Å²) in [7, 11) is 0. The molecule has 1 aromatic carbocycles. The summed E-state index contributed by atoms with van der Waals surface area (Å²) in [5.41, 5.74) is 1.45. The molecule has 0 saturated carbocycles. The first-order chi connectivity index (χ1) is 11.6. The SMILES string of the molecule is O=C(Cc1ccsc1)N1CCN(C(=O)Cc2ccccc2F)CC1. The average molecular weight is 346 g/mol. The van der Waals surface area contributed by atoms with Crippen LogP contribution in [-0.4, -0.2) is 47.8 Å². The third-order valence-corrected chi connectivity index (χ3v) is 4.95. The number of amides is 2. The fourth-order valence-corrected chi connectivity index (χ4v) is 3.47. The van der Waals surface area contributed by atoms with Gasteiger partial charge in [0.2, 0.25) is 11.8 Å². The number of thiophene rings is 1. The molecular weight excluding hydrogens is 327 g/mol. The zero-order valence-electron chi connectivity index (χ0n) is 13.3. The Bertz CT molecular complexity index is 710. The van der Waals surface area contributed by atoms with Crippen LogP contribution in [0, 0.1) is 5.82 Å². The van der Waals surface area contributed by atoms with E-state index >= 15 is 0 Å². The van der Waals surface area contributed by atoms with Gasteiger partial charge in [-0.1, -0.05) is 18.2 Å². The van der Waals surface area contributed by atoms with E-state index in [2.05, 4.69) is 0 Å². The summed E-state index contributed by atoms with van der Waals surface area (Å²) in [5.74, 6) is -0.352. The number of halogens is 1. The summed E-state index contributed by atoms with van der Waals surface area (Å²) < 4.78 is 13.6. The highest BCUT2D eigenvalue weighted by atomic mass is 32.1. The third-order valence-electron chi connectivity index (χ3n) is 4.22. The molecule has 0 atom stereocenters. The third kappa shape index (κ3) is 4.00. The van der Waals surface area contributed by atoms with Crippen LogP contribution in [0.15, 0.2) is 41.1 Å². The van der Waals surface area contributed by atoms with Gasteiger partial charge in [-0.3, -0.25) is 9.59 Å². The maximum absolute atomic E-state index is 13.6. The number of hydrogen-bond donors (Lipinski definition) is 0. The van der Waals surface area contributed by atoms with Crippen molar-refractivity contribution in [2.75, 3.05) is 26.2 Å². The van der Waals surface area contributed by atoms with Gasteiger partial charge in [-0.15, -0.1) is 0 Å². The molecule has 6 heteroatoms. The fraction of sp³-hybridized carbons (Fsp3) is 0.333. The van der Waals surface area contributed by atoms with Gasteiger partial charge in [0, 0.05) is 26.2 Å². The Labute approximate surface area is 144 Å². The molecule has 126 valence electrons. The molecule has 0 radical (unpaired) electrons. The number of benzene rings is 1. The number of carbonyl (C=O) groups excluding carboxylic acids is 2. The molecule has 0 N–H and O–H groups in total. The topological polar surface area (TPSA) is 40.6 Å². The quantitative estimate of drug-likeness (QED) is 0.853. The molecule has 3 rings (SSSR count). The van der Waals surface area contributed by atoms with Crippen LogP contribution in [0.2, 0.25) is 0 Å². The molecule has 0 aliphatic carbocycles. The summed E-state index contributed by atoms with van der Waals surface area (Å²) in [6, 6.07) is 8.29. The van der Waals surface area contributed by atoms with Crippen molar-refractivity contribution in [2.24, 2.45) is 0 Å². The Hall–Kier alpha value is -2.21. The molecule has 1 aromatic heterocycles. The molecule has 2 amide bonds. The van der Waals surface area contributed by atoms with Crippen LogP contribution in [0.1, 0.15) is 11.1 Å². The van der Waals surface area contributed by atoms with Crippen molar-refractivity contribution < 1.29 is 14.0 Å². The van der Waals surface area contributed by atoms with Gasteiger partial charge in [0.05, 0.1) is 12.8 Å². The lowest BCUT2D eigenvalue weighted by molar-refractivity contribution is -0.138. The average Bonchev–Trinajstić information content (AvgIpc) is 3.10. The molecule has 1 fully saturated rings. The smallest absolute Gasteiger partial charge is 0.227 e. The van der Waals surface area contributed by atoms with Crippen molar-refractivity contribution in [1.82, 2.24) is 9.80 Å². The largest absolute Gasteiger partial charge is 0.339 e. The zero-order chi connectivity index (χ0) is 16.9. The van der Waals surface area contributed by atoms with Crippen LogP contribution >= 0.6 is 11.3 Å². The van der Waals surface area contributed by atoms with Gasteiger partial charge in [-0.25, -0.2) is 4.39 Å². The molecular formula is C18H19FN2O2S. The lowest BCUT2D eigenvalue weighted by Gasteiger charge is -2.35. The molecule has 1 aliphatic heterocycles. The van der Waals surface area contributed by atoms with Crippen LogP contribution in [0.4, 0.5) is 4.39 Å². The van der Waals surface area contributed by atoms with Crippen molar-refractivity contribution in [3.05, 3.63) is 58.0 Å². The monoisotopic (exact) mass is 346 g/mol. The zero-order valence-corrected chi connectivity index (χ0v) is 14.1. The standard InChI is InChI=1S/C18H19FN2O2S/c19-16-4-2-1-3-15(16)12-18(23)21-8-6-20(7-9-21)17(22)11-14-5-10-24-13-14/h1-5,10,13H,6-9,11-12H2. The van der Waals surface area contributed by atoms with Gasteiger partial charge in [0.15, 0.2) is 0 Å². The van der Waals surface area contributed by atoms with Crippen molar-refractivity contribution >= 4 is 23.2 Å². The Balaban J connectivity index is 1.50. The summed E-state index contributed by atoms with van der Waals surface area (Å²) in [6.07, 6.45) is 0.474. The van der Waals surface area contributed by atoms with Crippen LogP contribution in [0.5, 0.6) is 0 Å². The van der Waals surface area contributed by atoms with Gasteiger partial charge in [-0.05, 0) is 34.0 Å². The van der Waals surface area contributed by atoms with E-state index in [4.69, 9.17) is 0 Å². The number of rotatable bonds is 4. The number of hydrogen-bond acceptors (Lipinski definition) is 3. The van der Waals surface area contributed by atoms with E-state index in [0.29, 0.717) is 38.2 Å². The normalized spacial score (nSPS) is 14.7. The van der Waals surface area contributed by atoms with E-state index in [1.54, 1.807) is 39.3 Å². The van der Waals surface area contributed by atoms with Crippen LogP contribution < -0.4 is 0 Å². The van der Waals surface area contributed by atoms with Gasteiger partial charge in [0.25, 0.3) is 0 Å². The molecule has 2 heterocycles. The Morgan fingerprint density at radius 3 is 2.17 bits per heavy atom. The first kappa shape index (κ1) is 16.6. The molecule has 0 unspecified atom stereocenters. The highest BCUT2D eigenvalue weighted by molar-refractivity contribution is 7.08. The van der Waals surface area contributed by atoms with E-state index in [1.807, 2.05) is 16.8 Å². The molecule has 1 aliphatic rings. The minimum atomic E-state index is -0.351. The second kappa shape index (κ2) is 7.57. The van der Waals surface area contributed by atoms with Gasteiger partial charge < -0.3 is 9.80 Å². The Morgan fingerprint density at radius 1 is 0.958 bits per heavy atom. The van der Waals surface area contributed by atoms with Crippen LogP contribution in [0.3, 0.4) is 0 Å². The molecule has 1 saturated heterocycles. The lowest BCUT2D eigenvalue weighted by Crippen LogP contribution is -2.51. The molecule has 24 heavy (non-hydrogen) atoms. The summed E-state index contributed by atoms with van der Waals surface area (Å²) in [6.45, 7) is 2.07. The first-order valence-electron chi connectivity index (χ1n) is 7.93. The van der Waals surface area contributed by atoms with Crippen molar-refractivity contribution in [2.45, 2.75) is 12.8 Å². The summed E-state index contributed by atoms with van der Waals surface area (Å²) >= 11 is 1.58. The van der Waals surface area contributed by atoms with Crippen LogP contribution in [0.25, 0.3) is 0 Å². The van der Waals surface area contributed by atoms with Crippen LogP contribution in [-0.2, 0) is 22.4 Å². The Morgan fingerprint density at radius 2 is 1.58 bits per heavy atom. The molecule has 4 nitrogen and oxygen atoms in total. The number of nitrogens with zero attached hydrogens (tertiary/aromatic N) is 2. The minimum absolute atomic E-state index is 0.0650. The Kier molecular flexibility index (Phi) is 5.25. The predicted molar refractivity (Wildman–Crippen MR) is 91.3 cm³/mol. The van der Waals surface area contributed by atoms with Gasteiger partial charge >= 0.3 is 0 Å². The number of piperazine rings is 1. The summed E-state index contributed by atoms with van der Waals surface area (Å²) in [4.78, 5) is 28.1. The van der Waals surface area contributed by atoms with Crippen molar-refractivity contribution in [3.63, 3.8) is 0 Å². The molecule has 2 aromatic rings. The predicted octanol–water partition coefficient (Wildman–Crippen LogP) is 2.34. The first-order valence-corrected chi connectivity index (χ1v) is 8.88. The summed E-state index contributed by atoms with van der Waals surface area (Å²) in [5, 5.41) is 3.94. The fourth-order valence-electron chi connectivity index (χ4n) is 2.80. The lowest BCUT2D eigenvalue weighted by atomic mass is 10.1. The molecule has 0 bridgehead atoms. The van der Waals surface area contributed by atoms with Crippen molar-refractivity contribution in [3.8, 4) is 0 Å².